The molecule has 0 N–H and O–H groups in total. The number of hydrogen-bond donors (Lipinski definition) is 0. The Hall–Kier alpha value is -1.88. The van der Waals surface area contributed by atoms with Gasteiger partial charge in [0.2, 0.25) is 5.89 Å². The van der Waals surface area contributed by atoms with Crippen molar-refractivity contribution in [1.29, 1.82) is 0 Å². The summed E-state index contributed by atoms with van der Waals surface area (Å²) in [6, 6.07) is 6.43. The average molecular weight is 301 g/mol. The van der Waals surface area contributed by atoms with Gasteiger partial charge < -0.3 is 9.26 Å². The zero-order chi connectivity index (χ0) is 15.5. The van der Waals surface area contributed by atoms with Crippen LogP contribution >= 0.6 is 0 Å². The maximum atomic E-state index is 5.54. The number of aromatic nitrogens is 2. The van der Waals surface area contributed by atoms with Crippen molar-refractivity contribution in [1.82, 2.24) is 15.0 Å². The quantitative estimate of drug-likeness (QED) is 0.821. The maximum absolute atomic E-state index is 5.54. The first kappa shape index (κ1) is 15.0. The minimum Gasteiger partial charge on any atom is -0.493 e. The number of nitrogens with zero attached hydrogens (tertiary/aromatic N) is 3. The Balaban J connectivity index is 1.58. The fourth-order valence-corrected chi connectivity index (χ4v) is 2.73. The fraction of sp³-hybridized carbons (Fsp3) is 0.529. The molecule has 3 rings (SSSR count). The first-order chi connectivity index (χ1) is 10.6. The second kappa shape index (κ2) is 6.48. The van der Waals surface area contributed by atoms with Crippen LogP contribution in [0.25, 0.3) is 0 Å². The van der Waals surface area contributed by atoms with Crippen LogP contribution in [0.15, 0.2) is 22.7 Å². The van der Waals surface area contributed by atoms with Crippen LogP contribution in [-0.2, 0) is 25.9 Å². The molecule has 0 saturated carbocycles. The van der Waals surface area contributed by atoms with Gasteiger partial charge in [-0.25, -0.2) is 0 Å². The second-order valence-corrected chi connectivity index (χ2v) is 6.42. The largest absolute Gasteiger partial charge is 0.493 e. The van der Waals surface area contributed by atoms with E-state index < -0.39 is 0 Å². The Labute approximate surface area is 131 Å². The third-order valence-corrected chi connectivity index (χ3v) is 3.71. The number of hydrogen-bond acceptors (Lipinski definition) is 5. The summed E-state index contributed by atoms with van der Waals surface area (Å²) in [6.07, 6.45) is 1.85. The molecular weight excluding hydrogens is 278 g/mol. The van der Waals surface area contributed by atoms with E-state index in [-0.39, 0.29) is 0 Å². The van der Waals surface area contributed by atoms with E-state index in [4.69, 9.17) is 9.26 Å². The van der Waals surface area contributed by atoms with Gasteiger partial charge >= 0.3 is 0 Å². The van der Waals surface area contributed by atoms with E-state index >= 15 is 0 Å². The molecule has 1 aromatic heterocycles. The Kier molecular flexibility index (Phi) is 4.43. The zero-order valence-corrected chi connectivity index (χ0v) is 13.5. The van der Waals surface area contributed by atoms with Gasteiger partial charge in [-0.3, -0.25) is 4.90 Å². The monoisotopic (exact) mass is 301 g/mol. The van der Waals surface area contributed by atoms with Gasteiger partial charge in [-0.05, 0) is 30.2 Å². The summed E-state index contributed by atoms with van der Waals surface area (Å²) < 4.78 is 10.8. The minimum atomic E-state index is 0.527. The molecular formula is C17H23N3O2. The molecule has 1 aromatic carbocycles. The molecule has 2 heterocycles. The lowest BCUT2D eigenvalue weighted by atomic mass is 10.1. The second-order valence-electron chi connectivity index (χ2n) is 6.42. The predicted octanol–water partition coefficient (Wildman–Crippen LogP) is 2.84. The molecule has 0 amide bonds. The highest BCUT2D eigenvalue weighted by molar-refractivity contribution is 5.39. The molecule has 1 aliphatic rings. The third-order valence-electron chi connectivity index (χ3n) is 3.71. The van der Waals surface area contributed by atoms with E-state index in [1.807, 2.05) is 0 Å². The molecule has 22 heavy (non-hydrogen) atoms. The van der Waals surface area contributed by atoms with Crippen LogP contribution in [0.4, 0.5) is 0 Å². The first-order valence-electron chi connectivity index (χ1n) is 7.85. The number of benzene rings is 1. The molecule has 0 bridgehead atoms. The summed E-state index contributed by atoms with van der Waals surface area (Å²) in [7, 11) is 2.07. The average Bonchev–Trinajstić information content (AvgIpc) is 3.06. The van der Waals surface area contributed by atoms with Gasteiger partial charge in [-0.15, -0.1) is 0 Å². The third kappa shape index (κ3) is 3.65. The summed E-state index contributed by atoms with van der Waals surface area (Å²) in [6.45, 7) is 6.65. The van der Waals surface area contributed by atoms with Gasteiger partial charge in [0.1, 0.15) is 5.75 Å². The topological polar surface area (TPSA) is 51.4 Å². The predicted molar refractivity (Wildman–Crippen MR) is 83.7 cm³/mol. The van der Waals surface area contributed by atoms with Crippen molar-refractivity contribution < 1.29 is 9.26 Å². The van der Waals surface area contributed by atoms with Crippen molar-refractivity contribution in [3.05, 3.63) is 41.0 Å². The smallest absolute Gasteiger partial charge is 0.226 e. The molecule has 118 valence electrons. The van der Waals surface area contributed by atoms with Crippen LogP contribution in [0.5, 0.6) is 5.75 Å². The van der Waals surface area contributed by atoms with Crippen LogP contribution in [-0.4, -0.2) is 28.7 Å². The van der Waals surface area contributed by atoms with Crippen molar-refractivity contribution in [3.8, 4) is 5.75 Å². The van der Waals surface area contributed by atoms with Gasteiger partial charge in [-0.2, -0.15) is 4.98 Å². The van der Waals surface area contributed by atoms with Gasteiger partial charge in [0.05, 0.1) is 13.2 Å². The highest BCUT2D eigenvalue weighted by Gasteiger charge is 2.14. The van der Waals surface area contributed by atoms with Crippen molar-refractivity contribution in [2.75, 3.05) is 13.7 Å². The van der Waals surface area contributed by atoms with E-state index in [0.29, 0.717) is 12.5 Å². The molecule has 0 aliphatic carbocycles. The maximum Gasteiger partial charge on any atom is 0.226 e. The van der Waals surface area contributed by atoms with Crippen molar-refractivity contribution in [3.63, 3.8) is 0 Å². The Bertz CT molecular complexity index is 637. The first-order valence-corrected chi connectivity index (χ1v) is 7.85. The molecule has 0 fully saturated rings. The van der Waals surface area contributed by atoms with E-state index in [1.165, 1.54) is 11.1 Å². The summed E-state index contributed by atoms with van der Waals surface area (Å²) in [5, 5.41) is 4.06. The standard InChI is InChI=1S/C17H23N3O2/c1-12(2)8-17-18-16(19-22-17)11-20(3)10-13-4-5-15-14(9-13)6-7-21-15/h4-5,9,12H,6-8,10-11H2,1-3H3. The highest BCUT2D eigenvalue weighted by atomic mass is 16.5. The van der Waals surface area contributed by atoms with E-state index in [1.54, 1.807) is 0 Å². The SMILES string of the molecule is CC(C)Cc1nc(CN(C)Cc2ccc3c(c2)CCO3)no1. The fourth-order valence-electron chi connectivity index (χ4n) is 2.73. The van der Waals surface area contributed by atoms with Crippen molar-refractivity contribution in [2.45, 2.75) is 39.8 Å². The number of ether oxygens (including phenoxy) is 1. The minimum absolute atomic E-state index is 0.527. The van der Waals surface area contributed by atoms with Crippen molar-refractivity contribution >= 4 is 0 Å². The lowest BCUT2D eigenvalue weighted by Crippen LogP contribution is -2.18. The van der Waals surface area contributed by atoms with Crippen LogP contribution < -0.4 is 4.74 Å². The molecule has 5 heteroatoms. The lowest BCUT2D eigenvalue weighted by Gasteiger charge is -2.14. The van der Waals surface area contributed by atoms with E-state index in [0.717, 1.165) is 43.5 Å². The molecule has 2 aromatic rings. The zero-order valence-electron chi connectivity index (χ0n) is 13.5. The molecule has 1 aliphatic heterocycles. The summed E-state index contributed by atoms with van der Waals surface area (Å²) in [5.41, 5.74) is 2.60. The Morgan fingerprint density at radius 2 is 2.14 bits per heavy atom. The van der Waals surface area contributed by atoms with Gasteiger partial charge in [-0.1, -0.05) is 31.1 Å². The molecule has 0 atom stereocenters. The molecule has 0 saturated heterocycles. The van der Waals surface area contributed by atoms with Gasteiger partial charge in [0.15, 0.2) is 5.82 Å². The number of rotatable bonds is 6. The van der Waals surface area contributed by atoms with Crippen LogP contribution in [0.2, 0.25) is 0 Å². The molecule has 0 spiro atoms. The number of fused-ring (bicyclic) bond motifs is 1. The Morgan fingerprint density at radius 1 is 1.27 bits per heavy atom. The molecule has 0 unspecified atom stereocenters. The lowest BCUT2D eigenvalue weighted by molar-refractivity contribution is 0.298. The summed E-state index contributed by atoms with van der Waals surface area (Å²) >= 11 is 0. The van der Waals surface area contributed by atoms with E-state index in [2.05, 4.69) is 54.1 Å². The van der Waals surface area contributed by atoms with Crippen LogP contribution in [0, 0.1) is 5.92 Å². The van der Waals surface area contributed by atoms with Crippen molar-refractivity contribution in [2.24, 2.45) is 5.92 Å². The summed E-state index contributed by atoms with van der Waals surface area (Å²) in [4.78, 5) is 6.65. The Morgan fingerprint density at radius 3 is 2.95 bits per heavy atom. The van der Waals surface area contributed by atoms with Gasteiger partial charge in [0.25, 0.3) is 0 Å². The highest BCUT2D eigenvalue weighted by Crippen LogP contribution is 2.26. The van der Waals surface area contributed by atoms with Gasteiger partial charge in [0, 0.05) is 19.4 Å². The van der Waals surface area contributed by atoms with Crippen LogP contribution in [0.1, 0.15) is 36.7 Å². The van der Waals surface area contributed by atoms with Crippen LogP contribution in [0.3, 0.4) is 0 Å². The normalized spacial score (nSPS) is 13.7. The van der Waals surface area contributed by atoms with E-state index in [9.17, 15) is 0 Å². The molecule has 5 nitrogen and oxygen atoms in total. The summed E-state index contributed by atoms with van der Waals surface area (Å²) in [5.74, 6) is 3.04. The molecule has 0 radical (unpaired) electrons.